The van der Waals surface area contributed by atoms with Crippen LogP contribution in [0, 0.1) is 11.3 Å². The summed E-state index contributed by atoms with van der Waals surface area (Å²) in [4.78, 5) is 25.5. The second kappa shape index (κ2) is 7.46. The number of nitrogens with zero attached hydrogens (tertiary/aromatic N) is 2. The minimum Gasteiger partial charge on any atom is -0.450 e. The number of carbonyl (C=O) groups is 2. The second-order valence-electron chi connectivity index (χ2n) is 5.12. The monoisotopic (exact) mass is 301 g/mol. The van der Waals surface area contributed by atoms with Crippen LogP contribution >= 0.6 is 0 Å². The summed E-state index contributed by atoms with van der Waals surface area (Å²) in [5.74, 6) is -0.0771. The molecule has 0 aromatic heterocycles. The van der Waals surface area contributed by atoms with Crippen LogP contribution in [0.3, 0.4) is 0 Å². The molecule has 1 saturated heterocycles. The zero-order valence-corrected chi connectivity index (χ0v) is 12.5. The average Bonchev–Trinajstić information content (AvgIpc) is 2.55. The number of carbonyl (C=O) groups excluding carboxylic acids is 2. The molecule has 0 unspecified atom stereocenters. The maximum absolute atomic E-state index is 12.4. The highest BCUT2D eigenvalue weighted by molar-refractivity contribution is 5.94. The van der Waals surface area contributed by atoms with Crippen molar-refractivity contribution in [2.75, 3.05) is 19.7 Å². The van der Waals surface area contributed by atoms with E-state index in [0.29, 0.717) is 43.7 Å². The first-order valence-electron chi connectivity index (χ1n) is 7.36. The molecule has 1 aromatic carbocycles. The Morgan fingerprint density at radius 1 is 1.41 bits per heavy atom. The fourth-order valence-corrected chi connectivity index (χ4v) is 2.47. The van der Waals surface area contributed by atoms with Crippen molar-refractivity contribution in [3.05, 3.63) is 35.4 Å². The Kier molecular flexibility index (Phi) is 5.37. The first-order chi connectivity index (χ1) is 10.6. The van der Waals surface area contributed by atoms with Gasteiger partial charge in [0.2, 0.25) is 0 Å². The third-order valence-electron chi connectivity index (χ3n) is 3.62. The van der Waals surface area contributed by atoms with Gasteiger partial charge in [-0.05, 0) is 38.0 Å². The molecule has 1 N–H and O–H groups in total. The molecule has 0 bridgehead atoms. The van der Waals surface area contributed by atoms with Gasteiger partial charge in [0.1, 0.15) is 0 Å². The van der Waals surface area contributed by atoms with Gasteiger partial charge < -0.3 is 15.0 Å². The number of amides is 2. The number of ether oxygens (including phenoxy) is 1. The predicted octanol–water partition coefficient (Wildman–Crippen LogP) is 1.91. The Morgan fingerprint density at radius 3 is 2.77 bits per heavy atom. The van der Waals surface area contributed by atoms with Gasteiger partial charge in [0, 0.05) is 24.7 Å². The van der Waals surface area contributed by atoms with E-state index in [1.165, 1.54) is 0 Å². The molecule has 116 valence electrons. The lowest BCUT2D eigenvalue weighted by molar-refractivity contribution is 0.0702. The van der Waals surface area contributed by atoms with Gasteiger partial charge in [-0.1, -0.05) is 6.07 Å². The maximum Gasteiger partial charge on any atom is 0.407 e. The molecule has 1 aliphatic rings. The van der Waals surface area contributed by atoms with Crippen LogP contribution < -0.4 is 5.32 Å². The maximum atomic E-state index is 12.4. The zero-order chi connectivity index (χ0) is 15.9. The van der Waals surface area contributed by atoms with Gasteiger partial charge in [0.15, 0.2) is 0 Å². The third-order valence-corrected chi connectivity index (χ3v) is 3.62. The summed E-state index contributed by atoms with van der Waals surface area (Å²) in [6.45, 7) is 3.26. The molecular formula is C16H19N3O3. The van der Waals surface area contributed by atoms with E-state index in [4.69, 9.17) is 10.00 Å². The number of alkyl carbamates (subject to hydrolysis) is 1. The molecule has 0 aliphatic carbocycles. The summed E-state index contributed by atoms with van der Waals surface area (Å²) in [6, 6.07) is 8.77. The van der Waals surface area contributed by atoms with E-state index in [0.717, 1.165) is 0 Å². The predicted molar refractivity (Wildman–Crippen MR) is 80.2 cm³/mol. The van der Waals surface area contributed by atoms with Crippen molar-refractivity contribution in [1.29, 1.82) is 5.26 Å². The van der Waals surface area contributed by atoms with Crippen molar-refractivity contribution in [2.45, 2.75) is 25.8 Å². The number of likely N-dealkylation sites (tertiary alicyclic amines) is 1. The Hall–Kier alpha value is -2.55. The number of nitriles is 1. The lowest BCUT2D eigenvalue weighted by atomic mass is 10.0. The normalized spacial score (nSPS) is 15.0. The van der Waals surface area contributed by atoms with Crippen LogP contribution in [0.4, 0.5) is 4.79 Å². The Bertz CT molecular complexity index is 587. The van der Waals surface area contributed by atoms with Gasteiger partial charge in [-0.25, -0.2) is 4.79 Å². The van der Waals surface area contributed by atoms with Gasteiger partial charge in [-0.15, -0.1) is 0 Å². The van der Waals surface area contributed by atoms with Gasteiger partial charge in [-0.2, -0.15) is 5.26 Å². The molecule has 1 aromatic rings. The molecule has 2 amide bonds. The van der Waals surface area contributed by atoms with Crippen molar-refractivity contribution in [2.24, 2.45) is 0 Å². The molecule has 0 radical (unpaired) electrons. The molecule has 1 heterocycles. The van der Waals surface area contributed by atoms with Crippen LogP contribution in [-0.2, 0) is 4.74 Å². The van der Waals surface area contributed by atoms with Crippen LogP contribution in [-0.4, -0.2) is 42.6 Å². The molecule has 6 heteroatoms. The summed E-state index contributed by atoms with van der Waals surface area (Å²) in [7, 11) is 0. The van der Waals surface area contributed by atoms with E-state index < -0.39 is 6.09 Å². The molecule has 1 fully saturated rings. The van der Waals surface area contributed by atoms with Gasteiger partial charge in [0.05, 0.1) is 18.2 Å². The quantitative estimate of drug-likeness (QED) is 0.924. The Labute approximate surface area is 129 Å². The fraction of sp³-hybridized carbons (Fsp3) is 0.438. The largest absolute Gasteiger partial charge is 0.450 e. The summed E-state index contributed by atoms with van der Waals surface area (Å²) in [5, 5.41) is 11.7. The van der Waals surface area contributed by atoms with E-state index in [-0.39, 0.29) is 11.9 Å². The lowest BCUT2D eigenvalue weighted by Crippen LogP contribution is -2.46. The average molecular weight is 301 g/mol. The smallest absolute Gasteiger partial charge is 0.407 e. The topological polar surface area (TPSA) is 82.4 Å². The molecule has 6 nitrogen and oxygen atoms in total. The van der Waals surface area contributed by atoms with Crippen molar-refractivity contribution in [3.8, 4) is 6.07 Å². The van der Waals surface area contributed by atoms with Gasteiger partial charge >= 0.3 is 6.09 Å². The Morgan fingerprint density at radius 2 is 2.14 bits per heavy atom. The molecular weight excluding hydrogens is 282 g/mol. The van der Waals surface area contributed by atoms with Crippen LogP contribution in [0.25, 0.3) is 0 Å². The fourth-order valence-electron chi connectivity index (χ4n) is 2.47. The Balaban J connectivity index is 1.89. The van der Waals surface area contributed by atoms with Crippen molar-refractivity contribution in [1.82, 2.24) is 10.2 Å². The molecule has 1 aliphatic heterocycles. The van der Waals surface area contributed by atoms with E-state index in [1.807, 2.05) is 6.07 Å². The van der Waals surface area contributed by atoms with E-state index in [1.54, 1.807) is 36.1 Å². The standard InChI is InChI=1S/C16H19N3O3/c1-2-22-16(21)18-14-6-8-19(9-7-14)15(20)13-5-3-4-12(10-13)11-17/h3-5,10,14H,2,6-9H2,1H3,(H,18,21). The minimum absolute atomic E-state index is 0.0357. The number of hydrogen-bond donors (Lipinski definition) is 1. The molecule has 0 atom stereocenters. The second-order valence-corrected chi connectivity index (χ2v) is 5.12. The first-order valence-corrected chi connectivity index (χ1v) is 7.36. The zero-order valence-electron chi connectivity index (χ0n) is 12.5. The van der Waals surface area contributed by atoms with E-state index in [9.17, 15) is 9.59 Å². The van der Waals surface area contributed by atoms with Crippen molar-refractivity contribution < 1.29 is 14.3 Å². The lowest BCUT2D eigenvalue weighted by Gasteiger charge is -2.32. The molecule has 2 rings (SSSR count). The highest BCUT2D eigenvalue weighted by Crippen LogP contribution is 2.15. The van der Waals surface area contributed by atoms with Crippen molar-refractivity contribution >= 4 is 12.0 Å². The number of rotatable bonds is 3. The number of nitrogens with one attached hydrogen (secondary N) is 1. The summed E-state index contributed by atoms with van der Waals surface area (Å²) in [5.41, 5.74) is 1.00. The number of piperidine rings is 1. The SMILES string of the molecule is CCOC(=O)NC1CCN(C(=O)c2cccc(C#N)c2)CC1. The van der Waals surface area contributed by atoms with Crippen LogP contribution in [0.2, 0.25) is 0 Å². The summed E-state index contributed by atoms with van der Waals surface area (Å²) in [6.07, 6.45) is 0.986. The highest BCUT2D eigenvalue weighted by atomic mass is 16.5. The van der Waals surface area contributed by atoms with Crippen LogP contribution in [0.1, 0.15) is 35.7 Å². The third kappa shape index (κ3) is 3.98. The molecule has 0 spiro atoms. The van der Waals surface area contributed by atoms with Gasteiger partial charge in [-0.3, -0.25) is 4.79 Å². The van der Waals surface area contributed by atoms with E-state index >= 15 is 0 Å². The summed E-state index contributed by atoms with van der Waals surface area (Å²) >= 11 is 0. The number of benzene rings is 1. The molecule has 0 saturated carbocycles. The van der Waals surface area contributed by atoms with Crippen LogP contribution in [0.15, 0.2) is 24.3 Å². The van der Waals surface area contributed by atoms with Gasteiger partial charge in [0.25, 0.3) is 5.91 Å². The summed E-state index contributed by atoms with van der Waals surface area (Å²) < 4.78 is 4.85. The molecule has 22 heavy (non-hydrogen) atoms. The number of hydrogen-bond acceptors (Lipinski definition) is 4. The minimum atomic E-state index is -0.408. The highest BCUT2D eigenvalue weighted by Gasteiger charge is 2.24. The first kappa shape index (κ1) is 15.8. The van der Waals surface area contributed by atoms with Crippen molar-refractivity contribution in [3.63, 3.8) is 0 Å². The van der Waals surface area contributed by atoms with E-state index in [2.05, 4.69) is 5.32 Å². The van der Waals surface area contributed by atoms with Crippen LogP contribution in [0.5, 0.6) is 0 Å².